The smallest absolute Gasteiger partial charge is 0.319 e. The van der Waals surface area contributed by atoms with Crippen molar-refractivity contribution in [3.8, 4) is 28.6 Å². The third kappa shape index (κ3) is 4.06. The van der Waals surface area contributed by atoms with Gasteiger partial charge in [-0.2, -0.15) is 9.97 Å². The summed E-state index contributed by atoms with van der Waals surface area (Å²) in [6.07, 6.45) is 4.05. The van der Waals surface area contributed by atoms with Crippen LogP contribution in [0.5, 0.6) is 17.5 Å². The van der Waals surface area contributed by atoms with Gasteiger partial charge < -0.3 is 24.8 Å². The summed E-state index contributed by atoms with van der Waals surface area (Å²) >= 11 is 6.77. The Labute approximate surface area is 236 Å². The second-order valence-corrected chi connectivity index (χ2v) is 12.0. The fraction of sp³-hybridized carbons (Fsp3) is 0.517. The van der Waals surface area contributed by atoms with Crippen LogP contribution in [0.25, 0.3) is 22.0 Å². The highest BCUT2D eigenvalue weighted by molar-refractivity contribution is 6.36. The van der Waals surface area contributed by atoms with E-state index in [1.165, 1.54) is 12.1 Å². The monoisotopic (exact) mass is 571 g/mol. The highest BCUT2D eigenvalue weighted by Gasteiger charge is 2.48. The highest BCUT2D eigenvalue weighted by Crippen LogP contribution is 2.50. The van der Waals surface area contributed by atoms with E-state index in [9.17, 15) is 5.11 Å². The van der Waals surface area contributed by atoms with E-state index in [0.29, 0.717) is 36.8 Å². The fourth-order valence-electron chi connectivity index (χ4n) is 7.19. The van der Waals surface area contributed by atoms with Gasteiger partial charge in [0.2, 0.25) is 0 Å². The molecule has 7 rings (SSSR count). The molecule has 8 nitrogen and oxygen atoms in total. The number of rotatable bonds is 4. The molecule has 1 unspecified atom stereocenters. The van der Waals surface area contributed by atoms with Crippen LogP contribution in [0.4, 0.5) is 14.6 Å². The Morgan fingerprint density at radius 1 is 1.23 bits per heavy atom. The summed E-state index contributed by atoms with van der Waals surface area (Å²) in [6.45, 7) is 7.18. The average Bonchev–Trinajstić information content (AvgIpc) is 3.27. The molecular weight excluding hydrogens is 540 g/mol. The van der Waals surface area contributed by atoms with Crippen LogP contribution in [-0.4, -0.2) is 77.5 Å². The van der Waals surface area contributed by atoms with Gasteiger partial charge >= 0.3 is 6.01 Å². The van der Waals surface area contributed by atoms with Crippen LogP contribution < -0.4 is 19.7 Å². The van der Waals surface area contributed by atoms with E-state index in [1.807, 2.05) is 0 Å². The van der Waals surface area contributed by atoms with Crippen LogP contribution in [0, 0.1) is 17.6 Å². The number of nitrogens with zero attached hydrogens (tertiary/aromatic N) is 4. The van der Waals surface area contributed by atoms with Gasteiger partial charge in [-0.15, -0.1) is 0 Å². The molecule has 0 saturated carbocycles. The van der Waals surface area contributed by atoms with Gasteiger partial charge in [-0.25, -0.2) is 8.78 Å². The molecule has 3 saturated heterocycles. The first kappa shape index (κ1) is 26.0. The SMILES string of the molecule is C[C@H]1CN2CCC[C@@]2(COc2nc3c4c(c(Cl)c(-c5c(O)cccc5F)c(F)c4n2)OCC2CNCCCN32)C1. The summed E-state index contributed by atoms with van der Waals surface area (Å²) in [7, 11) is 0. The number of anilines is 1. The summed E-state index contributed by atoms with van der Waals surface area (Å²) in [5, 5.41) is 14.2. The number of halogens is 3. The van der Waals surface area contributed by atoms with Crippen LogP contribution >= 0.6 is 11.6 Å². The highest BCUT2D eigenvalue weighted by atomic mass is 35.5. The van der Waals surface area contributed by atoms with Crippen LogP contribution in [0.3, 0.4) is 0 Å². The third-order valence-electron chi connectivity index (χ3n) is 8.92. The van der Waals surface area contributed by atoms with E-state index in [1.54, 1.807) is 0 Å². The lowest BCUT2D eigenvalue weighted by Crippen LogP contribution is -2.44. The molecule has 11 heteroatoms. The lowest BCUT2D eigenvalue weighted by molar-refractivity contribution is 0.107. The molecule has 0 bridgehead atoms. The van der Waals surface area contributed by atoms with Gasteiger partial charge in [0.25, 0.3) is 0 Å². The zero-order valence-corrected chi connectivity index (χ0v) is 23.1. The standard InChI is InChI=1S/C29H32ClF2N5O3/c1-16-11-29(7-3-9-36(29)13-16)15-40-28-34-25-22-26(39-14-17-12-33-8-4-10-37(17)27(22)35-28)23(30)21(24(25)32)20-18(31)5-2-6-19(20)38/h2,5-6,16-17,33,38H,3-4,7-15H2,1H3/t16-,17?,29+/m1/s1. The molecule has 4 aliphatic heterocycles. The third-order valence-corrected chi connectivity index (χ3v) is 9.28. The van der Waals surface area contributed by atoms with Gasteiger partial charge in [-0.05, 0) is 56.8 Å². The molecular formula is C29H32ClF2N5O3. The Kier molecular flexibility index (Phi) is 6.40. The quantitative estimate of drug-likeness (QED) is 0.464. The molecule has 212 valence electrons. The molecule has 3 fully saturated rings. The number of phenolic OH excluding ortho intramolecular Hbond substituents is 1. The lowest BCUT2D eigenvalue weighted by atomic mass is 9.92. The molecule has 40 heavy (non-hydrogen) atoms. The molecule has 4 aliphatic rings. The topological polar surface area (TPSA) is 83.0 Å². The normalized spacial score (nSPS) is 26.2. The Balaban J connectivity index is 1.41. The van der Waals surface area contributed by atoms with Crippen LogP contribution in [0.15, 0.2) is 18.2 Å². The van der Waals surface area contributed by atoms with E-state index in [2.05, 4.69) is 27.0 Å². The number of benzene rings is 2. The minimum absolute atomic E-state index is 0.0667. The molecule has 1 aromatic heterocycles. The average molecular weight is 572 g/mol. The molecule has 0 amide bonds. The molecule has 5 heterocycles. The molecule has 3 aromatic rings. The summed E-state index contributed by atoms with van der Waals surface area (Å²) in [5.74, 6) is -0.849. The number of hydrogen-bond donors (Lipinski definition) is 2. The number of phenols is 1. The number of aromatic hydroxyl groups is 1. The molecule has 0 aliphatic carbocycles. The minimum atomic E-state index is -0.859. The maximum Gasteiger partial charge on any atom is 0.319 e. The van der Waals surface area contributed by atoms with E-state index in [-0.39, 0.29) is 51.6 Å². The van der Waals surface area contributed by atoms with E-state index in [4.69, 9.17) is 26.1 Å². The van der Waals surface area contributed by atoms with Gasteiger partial charge in [-0.3, -0.25) is 4.90 Å². The van der Waals surface area contributed by atoms with Crippen molar-refractivity contribution in [1.82, 2.24) is 20.2 Å². The van der Waals surface area contributed by atoms with Crippen molar-refractivity contribution in [3.63, 3.8) is 0 Å². The maximum atomic E-state index is 16.5. The zero-order chi connectivity index (χ0) is 27.6. The largest absolute Gasteiger partial charge is 0.507 e. The van der Waals surface area contributed by atoms with Crippen LogP contribution in [0.1, 0.15) is 32.6 Å². The van der Waals surface area contributed by atoms with E-state index in [0.717, 1.165) is 51.4 Å². The molecule has 3 atom stereocenters. The van der Waals surface area contributed by atoms with Crippen molar-refractivity contribution in [2.45, 2.75) is 44.2 Å². The predicted octanol–water partition coefficient (Wildman–Crippen LogP) is 4.75. The number of aromatic nitrogens is 2. The second-order valence-electron chi connectivity index (χ2n) is 11.6. The van der Waals surface area contributed by atoms with Crippen molar-refractivity contribution in [1.29, 1.82) is 0 Å². The van der Waals surface area contributed by atoms with Gasteiger partial charge in [0.05, 0.1) is 27.6 Å². The van der Waals surface area contributed by atoms with Crippen molar-refractivity contribution in [2.24, 2.45) is 5.92 Å². The van der Waals surface area contributed by atoms with Gasteiger partial charge in [0, 0.05) is 25.2 Å². The van der Waals surface area contributed by atoms with E-state index < -0.39 is 17.4 Å². The minimum Gasteiger partial charge on any atom is -0.507 e. The molecule has 0 spiro atoms. The Bertz CT molecular complexity index is 1470. The first-order valence-electron chi connectivity index (χ1n) is 14.0. The zero-order valence-electron chi connectivity index (χ0n) is 22.4. The first-order valence-corrected chi connectivity index (χ1v) is 14.4. The van der Waals surface area contributed by atoms with Crippen LogP contribution in [-0.2, 0) is 0 Å². The fourth-order valence-corrected chi connectivity index (χ4v) is 7.51. The number of fused-ring (bicyclic) bond motifs is 3. The van der Waals surface area contributed by atoms with Gasteiger partial charge in [0.15, 0.2) is 11.6 Å². The predicted molar refractivity (Wildman–Crippen MR) is 148 cm³/mol. The van der Waals surface area contributed by atoms with Crippen molar-refractivity contribution in [2.75, 3.05) is 50.8 Å². The van der Waals surface area contributed by atoms with Crippen molar-refractivity contribution in [3.05, 3.63) is 34.9 Å². The first-order chi connectivity index (χ1) is 19.4. The van der Waals surface area contributed by atoms with E-state index >= 15 is 8.78 Å². The Morgan fingerprint density at radius 3 is 2.95 bits per heavy atom. The van der Waals surface area contributed by atoms with Crippen molar-refractivity contribution >= 4 is 28.3 Å². The maximum absolute atomic E-state index is 16.5. The number of ether oxygens (including phenoxy) is 2. The summed E-state index contributed by atoms with van der Waals surface area (Å²) < 4.78 is 44.1. The Hall–Kier alpha value is -2.95. The summed E-state index contributed by atoms with van der Waals surface area (Å²) in [5.41, 5.74) is -0.779. The van der Waals surface area contributed by atoms with Gasteiger partial charge in [0.1, 0.15) is 36.1 Å². The lowest BCUT2D eigenvalue weighted by Gasteiger charge is -2.32. The summed E-state index contributed by atoms with van der Waals surface area (Å²) in [4.78, 5) is 14.0. The molecule has 0 radical (unpaired) electrons. The number of hydrogen-bond acceptors (Lipinski definition) is 8. The summed E-state index contributed by atoms with van der Waals surface area (Å²) in [6, 6.07) is 3.77. The van der Waals surface area contributed by atoms with Gasteiger partial charge in [-0.1, -0.05) is 24.6 Å². The Morgan fingerprint density at radius 2 is 2.10 bits per heavy atom. The molecule has 2 N–H and O–H groups in total. The number of nitrogens with one attached hydrogen (secondary N) is 1. The molecule has 2 aromatic carbocycles. The second kappa shape index (κ2) is 9.85. The van der Waals surface area contributed by atoms with Crippen molar-refractivity contribution < 1.29 is 23.4 Å². The van der Waals surface area contributed by atoms with Crippen LogP contribution in [0.2, 0.25) is 5.02 Å².